The van der Waals surface area contributed by atoms with Gasteiger partial charge in [-0.05, 0) is 61.9 Å². The second-order valence-corrected chi connectivity index (χ2v) is 9.18. The number of allylic oxidation sites excluding steroid dienone is 2. The first-order valence-electron chi connectivity index (χ1n) is 11.6. The molecule has 6 nitrogen and oxygen atoms in total. The van der Waals surface area contributed by atoms with Gasteiger partial charge in [0.1, 0.15) is 5.75 Å². The van der Waals surface area contributed by atoms with Crippen LogP contribution >= 0.6 is 0 Å². The molecule has 1 saturated carbocycles. The molecular weight excluding hydrogens is 416 g/mol. The van der Waals surface area contributed by atoms with Crippen LogP contribution in [-0.2, 0) is 14.4 Å². The van der Waals surface area contributed by atoms with Gasteiger partial charge in [0.2, 0.25) is 17.7 Å². The summed E-state index contributed by atoms with van der Waals surface area (Å²) in [6.45, 7) is 4.47. The van der Waals surface area contributed by atoms with Crippen molar-refractivity contribution in [1.82, 2.24) is 4.90 Å². The van der Waals surface area contributed by atoms with E-state index in [0.717, 1.165) is 23.3 Å². The van der Waals surface area contributed by atoms with Crippen molar-refractivity contribution in [3.05, 3.63) is 71.8 Å². The van der Waals surface area contributed by atoms with Crippen molar-refractivity contribution in [2.45, 2.75) is 32.7 Å². The largest absolute Gasteiger partial charge is 0.494 e. The lowest BCUT2D eigenvalue weighted by molar-refractivity contribution is -0.144. The molecule has 0 aromatic heterocycles. The SMILES string of the molecule is CCOc1ccc(NC(=O)CC(c2ccc(C)cc2)N2C(=O)C3C4C=CC(C4)C3C2=O)cc1. The summed E-state index contributed by atoms with van der Waals surface area (Å²) < 4.78 is 5.45. The first kappa shape index (κ1) is 21.4. The zero-order chi connectivity index (χ0) is 23.1. The van der Waals surface area contributed by atoms with E-state index in [1.54, 1.807) is 24.3 Å². The molecular formula is C27H28N2O4. The minimum atomic E-state index is -0.627. The topological polar surface area (TPSA) is 75.7 Å². The molecule has 2 bridgehead atoms. The minimum Gasteiger partial charge on any atom is -0.494 e. The molecule has 1 aliphatic heterocycles. The van der Waals surface area contributed by atoms with Crippen molar-refractivity contribution in [2.75, 3.05) is 11.9 Å². The number of nitrogens with one attached hydrogen (secondary N) is 1. The number of fused-ring (bicyclic) bond motifs is 5. The summed E-state index contributed by atoms with van der Waals surface area (Å²) in [5.74, 6) is -0.0815. The third kappa shape index (κ3) is 3.84. The van der Waals surface area contributed by atoms with E-state index in [4.69, 9.17) is 4.74 Å². The van der Waals surface area contributed by atoms with Gasteiger partial charge in [-0.15, -0.1) is 0 Å². The van der Waals surface area contributed by atoms with Crippen molar-refractivity contribution in [3.63, 3.8) is 0 Å². The summed E-state index contributed by atoms with van der Waals surface area (Å²) in [5.41, 5.74) is 2.52. The highest BCUT2D eigenvalue weighted by atomic mass is 16.5. The van der Waals surface area contributed by atoms with E-state index in [9.17, 15) is 14.4 Å². The molecule has 1 saturated heterocycles. The number of ether oxygens (including phenoxy) is 1. The van der Waals surface area contributed by atoms with Gasteiger partial charge >= 0.3 is 0 Å². The molecule has 5 unspecified atom stereocenters. The maximum atomic E-state index is 13.4. The van der Waals surface area contributed by atoms with Gasteiger partial charge in [-0.3, -0.25) is 19.3 Å². The van der Waals surface area contributed by atoms with Gasteiger partial charge in [-0.25, -0.2) is 0 Å². The number of carbonyl (C=O) groups excluding carboxylic acids is 3. The van der Waals surface area contributed by atoms with Gasteiger partial charge in [0, 0.05) is 5.69 Å². The third-order valence-electron chi connectivity index (χ3n) is 7.11. The first-order valence-corrected chi connectivity index (χ1v) is 11.6. The number of benzene rings is 2. The van der Waals surface area contributed by atoms with E-state index in [1.165, 1.54) is 4.90 Å². The van der Waals surface area contributed by atoms with Crippen LogP contribution < -0.4 is 10.1 Å². The standard InChI is InChI=1S/C27H28N2O4/c1-3-33-21-12-10-20(11-13-21)28-23(30)15-22(17-6-4-16(2)5-7-17)29-26(31)24-18-8-9-19(14-18)25(24)27(29)32/h4-13,18-19,22,24-25H,3,14-15H2,1-2H3,(H,28,30). The number of hydrogen-bond donors (Lipinski definition) is 1. The molecule has 170 valence electrons. The van der Waals surface area contributed by atoms with Gasteiger partial charge in [0.05, 0.1) is 30.9 Å². The Labute approximate surface area is 193 Å². The summed E-state index contributed by atoms with van der Waals surface area (Å²) >= 11 is 0. The Morgan fingerprint density at radius 3 is 2.18 bits per heavy atom. The number of aryl methyl sites for hydroxylation is 1. The van der Waals surface area contributed by atoms with Crippen LogP contribution in [0.25, 0.3) is 0 Å². The molecule has 2 aliphatic carbocycles. The number of imide groups is 1. The Morgan fingerprint density at radius 2 is 1.61 bits per heavy atom. The number of anilines is 1. The third-order valence-corrected chi connectivity index (χ3v) is 7.11. The lowest BCUT2D eigenvalue weighted by atomic mass is 9.85. The number of likely N-dealkylation sites (tertiary alicyclic amines) is 1. The summed E-state index contributed by atoms with van der Waals surface area (Å²) in [7, 11) is 0. The quantitative estimate of drug-likeness (QED) is 0.511. The molecule has 5 rings (SSSR count). The molecule has 0 spiro atoms. The summed E-state index contributed by atoms with van der Waals surface area (Å²) in [6, 6.07) is 14.2. The lowest BCUT2D eigenvalue weighted by Crippen LogP contribution is -2.38. The zero-order valence-electron chi connectivity index (χ0n) is 18.9. The highest BCUT2D eigenvalue weighted by Crippen LogP contribution is 2.54. The fourth-order valence-corrected chi connectivity index (χ4v) is 5.57. The highest BCUT2D eigenvalue weighted by molar-refractivity contribution is 6.07. The summed E-state index contributed by atoms with van der Waals surface area (Å²) in [4.78, 5) is 41.3. The molecule has 33 heavy (non-hydrogen) atoms. The van der Waals surface area contributed by atoms with Crippen LogP contribution in [0.4, 0.5) is 5.69 Å². The lowest BCUT2D eigenvalue weighted by Gasteiger charge is -2.28. The van der Waals surface area contributed by atoms with Gasteiger partial charge in [0.25, 0.3) is 0 Å². The van der Waals surface area contributed by atoms with E-state index in [2.05, 4.69) is 17.5 Å². The van der Waals surface area contributed by atoms with Gasteiger partial charge < -0.3 is 10.1 Å². The Hall–Kier alpha value is -3.41. The van der Waals surface area contributed by atoms with Crippen molar-refractivity contribution in [1.29, 1.82) is 0 Å². The molecule has 2 fully saturated rings. The minimum absolute atomic E-state index is 0.00988. The summed E-state index contributed by atoms with van der Waals surface area (Å²) in [6.07, 6.45) is 5.06. The van der Waals surface area contributed by atoms with Crippen LogP contribution in [0.3, 0.4) is 0 Å². The molecule has 2 aromatic rings. The molecule has 6 heteroatoms. The predicted octanol–water partition coefficient (Wildman–Crippen LogP) is 4.27. The Balaban J connectivity index is 1.39. The smallest absolute Gasteiger partial charge is 0.234 e. The Morgan fingerprint density at radius 1 is 1.00 bits per heavy atom. The summed E-state index contributed by atoms with van der Waals surface area (Å²) in [5, 5.41) is 2.90. The Kier molecular flexibility index (Phi) is 5.52. The van der Waals surface area contributed by atoms with E-state index < -0.39 is 6.04 Å². The van der Waals surface area contributed by atoms with Crippen molar-refractivity contribution in [2.24, 2.45) is 23.7 Å². The van der Waals surface area contributed by atoms with E-state index in [0.29, 0.717) is 12.3 Å². The molecule has 3 amide bonds. The van der Waals surface area contributed by atoms with Crippen LogP contribution in [0.15, 0.2) is 60.7 Å². The highest BCUT2D eigenvalue weighted by Gasteiger charge is 2.60. The average molecular weight is 445 g/mol. The molecule has 1 heterocycles. The maximum Gasteiger partial charge on any atom is 0.234 e. The fraction of sp³-hybridized carbons (Fsp3) is 0.370. The van der Waals surface area contributed by atoms with Crippen molar-refractivity contribution >= 4 is 23.4 Å². The van der Waals surface area contributed by atoms with Crippen LogP contribution in [0.2, 0.25) is 0 Å². The Bertz CT molecular complexity index is 1080. The van der Waals surface area contributed by atoms with Crippen molar-refractivity contribution < 1.29 is 19.1 Å². The van der Waals surface area contributed by atoms with Crippen LogP contribution in [0, 0.1) is 30.6 Å². The predicted molar refractivity (Wildman–Crippen MR) is 124 cm³/mol. The van der Waals surface area contributed by atoms with Crippen LogP contribution in [-0.4, -0.2) is 29.2 Å². The number of carbonyl (C=O) groups is 3. The number of rotatable bonds is 7. The first-order chi connectivity index (χ1) is 16.0. The maximum absolute atomic E-state index is 13.4. The molecule has 0 radical (unpaired) electrons. The van der Waals surface area contributed by atoms with Gasteiger partial charge in [-0.2, -0.15) is 0 Å². The second kappa shape index (κ2) is 8.50. The molecule has 2 aromatic carbocycles. The number of amides is 3. The second-order valence-electron chi connectivity index (χ2n) is 9.18. The monoisotopic (exact) mass is 444 g/mol. The van der Waals surface area contributed by atoms with E-state index in [1.807, 2.05) is 38.1 Å². The van der Waals surface area contributed by atoms with Gasteiger partial charge in [0.15, 0.2) is 0 Å². The fourth-order valence-electron chi connectivity index (χ4n) is 5.57. The average Bonchev–Trinajstić information content (AvgIpc) is 3.48. The zero-order valence-corrected chi connectivity index (χ0v) is 18.9. The van der Waals surface area contributed by atoms with Crippen LogP contribution in [0.1, 0.15) is 36.9 Å². The van der Waals surface area contributed by atoms with E-state index in [-0.39, 0.29) is 47.8 Å². The molecule has 5 atom stereocenters. The molecule has 1 N–H and O–H groups in total. The number of hydrogen-bond acceptors (Lipinski definition) is 4. The normalized spacial score (nSPS) is 25.9. The number of nitrogens with zero attached hydrogens (tertiary/aromatic N) is 1. The van der Waals surface area contributed by atoms with Gasteiger partial charge in [-0.1, -0.05) is 42.0 Å². The van der Waals surface area contributed by atoms with Crippen molar-refractivity contribution in [3.8, 4) is 5.75 Å². The van der Waals surface area contributed by atoms with E-state index >= 15 is 0 Å². The molecule has 3 aliphatic rings. The van der Waals surface area contributed by atoms with Crippen LogP contribution in [0.5, 0.6) is 5.75 Å².